The molecule has 1 aromatic rings. The van der Waals surface area contributed by atoms with Crippen molar-refractivity contribution in [3.63, 3.8) is 0 Å². The normalized spacial score (nSPS) is 12.5. The molecule has 4 heteroatoms. The summed E-state index contributed by atoms with van der Waals surface area (Å²) in [7, 11) is 0. The van der Waals surface area contributed by atoms with Crippen LogP contribution in [0.1, 0.15) is 66.0 Å². The Morgan fingerprint density at radius 1 is 1.19 bits per heavy atom. The summed E-state index contributed by atoms with van der Waals surface area (Å²) in [6.45, 7) is 20.9. The second-order valence-electron chi connectivity index (χ2n) is 7.49. The van der Waals surface area contributed by atoms with Crippen LogP contribution < -0.4 is 10.2 Å². The summed E-state index contributed by atoms with van der Waals surface area (Å²) in [6, 6.07) is 0.501. The standard InChI is InChI=1S/C17H33N3S/c1-9-20(11-12(2)3)16-19-15(17(6,7)8)14(21-16)10-18-13(4)5/h12-13,18H,9-11H2,1-8H3. The maximum absolute atomic E-state index is 4.99. The summed E-state index contributed by atoms with van der Waals surface area (Å²) < 4.78 is 0. The molecule has 0 aliphatic heterocycles. The lowest BCUT2D eigenvalue weighted by molar-refractivity contribution is 0.544. The number of aromatic nitrogens is 1. The monoisotopic (exact) mass is 311 g/mol. The van der Waals surface area contributed by atoms with Gasteiger partial charge in [-0.05, 0) is 12.8 Å². The number of anilines is 1. The smallest absolute Gasteiger partial charge is 0.185 e. The summed E-state index contributed by atoms with van der Waals surface area (Å²) >= 11 is 1.86. The van der Waals surface area contributed by atoms with E-state index in [1.807, 2.05) is 11.3 Å². The fraction of sp³-hybridized carbons (Fsp3) is 0.824. The average molecular weight is 312 g/mol. The van der Waals surface area contributed by atoms with Crippen LogP contribution in [0.15, 0.2) is 0 Å². The first-order chi connectivity index (χ1) is 9.65. The Bertz CT molecular complexity index is 430. The minimum absolute atomic E-state index is 0.0972. The fourth-order valence-corrected chi connectivity index (χ4v) is 3.55. The van der Waals surface area contributed by atoms with Crippen LogP contribution in [0.3, 0.4) is 0 Å². The highest BCUT2D eigenvalue weighted by Crippen LogP contribution is 2.34. The predicted octanol–water partition coefficient (Wildman–Crippen LogP) is 4.42. The van der Waals surface area contributed by atoms with Gasteiger partial charge in [0.05, 0.1) is 5.69 Å². The first kappa shape index (κ1) is 18.4. The van der Waals surface area contributed by atoms with Gasteiger partial charge in [-0.15, -0.1) is 11.3 Å². The molecule has 0 spiro atoms. The summed E-state index contributed by atoms with van der Waals surface area (Å²) in [5.74, 6) is 0.657. The van der Waals surface area contributed by atoms with Crippen molar-refractivity contribution in [2.75, 3.05) is 18.0 Å². The third-order valence-corrected chi connectivity index (χ3v) is 4.42. The Morgan fingerprint density at radius 2 is 1.81 bits per heavy atom. The maximum atomic E-state index is 4.99. The van der Waals surface area contributed by atoms with Gasteiger partial charge in [0, 0.05) is 36.0 Å². The van der Waals surface area contributed by atoms with E-state index in [-0.39, 0.29) is 5.41 Å². The first-order valence-electron chi connectivity index (χ1n) is 8.13. The van der Waals surface area contributed by atoms with Gasteiger partial charge in [-0.3, -0.25) is 0 Å². The molecule has 3 nitrogen and oxygen atoms in total. The van der Waals surface area contributed by atoms with Crippen molar-refractivity contribution < 1.29 is 0 Å². The minimum Gasteiger partial charge on any atom is -0.348 e. The molecule has 1 N–H and O–H groups in total. The van der Waals surface area contributed by atoms with E-state index in [4.69, 9.17) is 4.98 Å². The van der Waals surface area contributed by atoms with Crippen LogP contribution in [0.5, 0.6) is 0 Å². The molecule has 0 saturated heterocycles. The second kappa shape index (κ2) is 7.59. The summed E-state index contributed by atoms with van der Waals surface area (Å²) in [6.07, 6.45) is 0. The van der Waals surface area contributed by atoms with E-state index < -0.39 is 0 Å². The van der Waals surface area contributed by atoms with Crippen LogP contribution in [-0.2, 0) is 12.0 Å². The van der Waals surface area contributed by atoms with Gasteiger partial charge in [-0.1, -0.05) is 48.5 Å². The molecule has 0 unspecified atom stereocenters. The van der Waals surface area contributed by atoms with E-state index in [2.05, 4.69) is 65.6 Å². The van der Waals surface area contributed by atoms with E-state index in [0.29, 0.717) is 12.0 Å². The molecule has 0 atom stereocenters. The molecule has 0 fully saturated rings. The molecule has 1 rings (SSSR count). The topological polar surface area (TPSA) is 28.2 Å². The Balaban J connectivity index is 3.06. The van der Waals surface area contributed by atoms with Gasteiger partial charge in [0.1, 0.15) is 0 Å². The van der Waals surface area contributed by atoms with Crippen molar-refractivity contribution in [3.05, 3.63) is 10.6 Å². The van der Waals surface area contributed by atoms with Crippen LogP contribution in [0.4, 0.5) is 5.13 Å². The third kappa shape index (κ3) is 5.59. The lowest BCUT2D eigenvalue weighted by Crippen LogP contribution is -2.27. The van der Waals surface area contributed by atoms with Crippen LogP contribution in [0.2, 0.25) is 0 Å². The molecule has 0 aliphatic carbocycles. The van der Waals surface area contributed by atoms with Crippen molar-refractivity contribution in [3.8, 4) is 0 Å². The SMILES string of the molecule is CCN(CC(C)C)c1nc(C(C)(C)C)c(CNC(C)C)s1. The highest BCUT2D eigenvalue weighted by molar-refractivity contribution is 7.15. The maximum Gasteiger partial charge on any atom is 0.185 e. The van der Waals surface area contributed by atoms with Crippen LogP contribution in [-0.4, -0.2) is 24.1 Å². The molecule has 122 valence electrons. The lowest BCUT2D eigenvalue weighted by Gasteiger charge is -2.22. The highest BCUT2D eigenvalue weighted by atomic mass is 32.1. The summed E-state index contributed by atoms with van der Waals surface area (Å²) in [4.78, 5) is 8.78. The zero-order chi connectivity index (χ0) is 16.2. The van der Waals surface area contributed by atoms with Gasteiger partial charge in [0.15, 0.2) is 5.13 Å². The number of thiazole rings is 1. The zero-order valence-corrected chi connectivity index (χ0v) is 15.9. The lowest BCUT2D eigenvalue weighted by atomic mass is 9.91. The van der Waals surface area contributed by atoms with Crippen molar-refractivity contribution in [2.45, 2.75) is 73.4 Å². The van der Waals surface area contributed by atoms with Crippen LogP contribution >= 0.6 is 11.3 Å². The minimum atomic E-state index is 0.0972. The second-order valence-corrected chi connectivity index (χ2v) is 8.55. The van der Waals surface area contributed by atoms with E-state index in [1.54, 1.807) is 0 Å². The number of nitrogens with zero attached hydrogens (tertiary/aromatic N) is 2. The largest absolute Gasteiger partial charge is 0.348 e. The van der Waals surface area contributed by atoms with E-state index in [9.17, 15) is 0 Å². The molecule has 0 aromatic carbocycles. The Labute approximate surface area is 135 Å². The summed E-state index contributed by atoms with van der Waals surface area (Å²) in [5.41, 5.74) is 1.35. The molecule has 1 aromatic heterocycles. The van der Waals surface area contributed by atoms with Crippen molar-refractivity contribution in [2.24, 2.45) is 5.92 Å². The highest BCUT2D eigenvalue weighted by Gasteiger charge is 2.25. The molecule has 1 heterocycles. The number of rotatable bonds is 7. The number of hydrogen-bond acceptors (Lipinski definition) is 4. The van der Waals surface area contributed by atoms with Gasteiger partial charge < -0.3 is 10.2 Å². The van der Waals surface area contributed by atoms with Gasteiger partial charge >= 0.3 is 0 Å². The molecular formula is C17H33N3S. The van der Waals surface area contributed by atoms with E-state index in [0.717, 1.165) is 19.6 Å². The molecule has 0 radical (unpaired) electrons. The number of hydrogen-bond donors (Lipinski definition) is 1. The Hall–Kier alpha value is -0.610. The predicted molar refractivity (Wildman–Crippen MR) is 95.5 cm³/mol. The quantitative estimate of drug-likeness (QED) is 0.808. The van der Waals surface area contributed by atoms with Crippen molar-refractivity contribution in [1.82, 2.24) is 10.3 Å². The molecular weight excluding hydrogens is 278 g/mol. The van der Waals surface area contributed by atoms with Crippen molar-refractivity contribution >= 4 is 16.5 Å². The van der Waals surface area contributed by atoms with Crippen LogP contribution in [0.25, 0.3) is 0 Å². The third-order valence-electron chi connectivity index (χ3n) is 3.31. The van der Waals surface area contributed by atoms with E-state index >= 15 is 0 Å². The average Bonchev–Trinajstić information content (AvgIpc) is 2.77. The molecule has 21 heavy (non-hydrogen) atoms. The fourth-order valence-electron chi connectivity index (χ4n) is 2.26. The van der Waals surface area contributed by atoms with Crippen LogP contribution in [0, 0.1) is 5.92 Å². The molecule has 0 amide bonds. The summed E-state index contributed by atoms with van der Waals surface area (Å²) in [5, 5.41) is 4.71. The Kier molecular flexibility index (Phi) is 6.67. The molecule has 0 bridgehead atoms. The van der Waals surface area contributed by atoms with Gasteiger partial charge in [-0.2, -0.15) is 0 Å². The van der Waals surface area contributed by atoms with Crippen molar-refractivity contribution in [1.29, 1.82) is 0 Å². The molecule has 0 aliphatic rings. The van der Waals surface area contributed by atoms with Gasteiger partial charge in [0.2, 0.25) is 0 Å². The zero-order valence-electron chi connectivity index (χ0n) is 15.1. The van der Waals surface area contributed by atoms with Gasteiger partial charge in [-0.25, -0.2) is 4.98 Å². The first-order valence-corrected chi connectivity index (χ1v) is 8.95. The van der Waals surface area contributed by atoms with E-state index in [1.165, 1.54) is 15.7 Å². The number of nitrogens with one attached hydrogen (secondary N) is 1. The van der Waals surface area contributed by atoms with Gasteiger partial charge in [0.25, 0.3) is 0 Å². The Morgan fingerprint density at radius 3 is 2.24 bits per heavy atom. The molecule has 0 saturated carbocycles.